The maximum atomic E-state index is 5.29. The van der Waals surface area contributed by atoms with Crippen LogP contribution in [0.3, 0.4) is 0 Å². The first-order chi connectivity index (χ1) is 6.40. The first-order valence-electron chi connectivity index (χ1n) is 4.82. The van der Waals surface area contributed by atoms with Crippen LogP contribution in [0, 0.1) is 12.3 Å². The summed E-state index contributed by atoms with van der Waals surface area (Å²) in [5.74, 6) is 3.28. The van der Waals surface area contributed by atoms with Crippen molar-refractivity contribution in [3.8, 4) is 12.3 Å². The number of nitrogens with zero attached hydrogens (tertiary/aromatic N) is 1. The van der Waals surface area contributed by atoms with Gasteiger partial charge in [0.15, 0.2) is 5.01 Å². The molecule has 0 amide bonds. The molecule has 2 rings (SSSR count). The number of aromatic nitrogens is 1. The van der Waals surface area contributed by atoms with Crippen molar-refractivity contribution in [2.75, 3.05) is 0 Å². The number of hydrogen-bond donors (Lipinski definition) is 0. The monoisotopic (exact) mass is 191 g/mol. The Morgan fingerprint density at radius 1 is 1.38 bits per heavy atom. The summed E-state index contributed by atoms with van der Waals surface area (Å²) in [6.07, 6.45) is 12.0. The lowest BCUT2D eigenvalue weighted by Crippen LogP contribution is -2.04. The highest BCUT2D eigenvalue weighted by molar-refractivity contribution is 7.10. The molecule has 13 heavy (non-hydrogen) atoms. The van der Waals surface area contributed by atoms with Gasteiger partial charge in [0.05, 0.1) is 5.69 Å². The molecule has 1 nitrogen and oxygen atoms in total. The molecule has 1 aromatic heterocycles. The first-order valence-corrected chi connectivity index (χ1v) is 5.70. The van der Waals surface area contributed by atoms with Crippen LogP contribution in [0.15, 0.2) is 5.38 Å². The summed E-state index contributed by atoms with van der Waals surface area (Å²) in [7, 11) is 0. The van der Waals surface area contributed by atoms with Crippen molar-refractivity contribution < 1.29 is 0 Å². The van der Waals surface area contributed by atoms with Crippen LogP contribution in [0.5, 0.6) is 0 Å². The summed E-state index contributed by atoms with van der Waals surface area (Å²) in [5.41, 5.74) is 1.23. The van der Waals surface area contributed by atoms with Crippen LogP contribution in [0.2, 0.25) is 0 Å². The largest absolute Gasteiger partial charge is 0.232 e. The quantitative estimate of drug-likeness (QED) is 0.621. The van der Waals surface area contributed by atoms with E-state index in [0.717, 1.165) is 5.01 Å². The van der Waals surface area contributed by atoms with Crippen LogP contribution in [-0.2, 0) is 0 Å². The zero-order valence-electron chi connectivity index (χ0n) is 7.62. The van der Waals surface area contributed by atoms with Crippen molar-refractivity contribution >= 4 is 11.3 Å². The summed E-state index contributed by atoms with van der Waals surface area (Å²) < 4.78 is 0. The minimum atomic E-state index is 0.687. The topological polar surface area (TPSA) is 12.9 Å². The van der Waals surface area contributed by atoms with E-state index in [1.807, 2.05) is 0 Å². The Hall–Kier alpha value is -0.810. The Morgan fingerprint density at radius 2 is 2.15 bits per heavy atom. The Bertz CT molecular complexity index is 315. The Kier molecular flexibility index (Phi) is 2.65. The van der Waals surface area contributed by atoms with Crippen LogP contribution in [-0.4, -0.2) is 4.98 Å². The molecule has 68 valence electrons. The zero-order valence-corrected chi connectivity index (χ0v) is 8.44. The molecule has 1 heterocycles. The third-order valence-electron chi connectivity index (χ3n) is 2.67. The molecule has 2 heteroatoms. The maximum absolute atomic E-state index is 5.29. The minimum Gasteiger partial charge on any atom is -0.232 e. The predicted octanol–water partition coefficient (Wildman–Crippen LogP) is 3.17. The number of rotatable bonds is 1. The Morgan fingerprint density at radius 3 is 2.77 bits per heavy atom. The number of thiazole rings is 1. The lowest BCUT2D eigenvalue weighted by atomic mass is 9.87. The highest BCUT2D eigenvalue weighted by Crippen LogP contribution is 2.32. The summed E-state index contributed by atoms with van der Waals surface area (Å²) in [6, 6.07) is 0. The van der Waals surface area contributed by atoms with Gasteiger partial charge in [-0.1, -0.05) is 19.3 Å². The van der Waals surface area contributed by atoms with Crippen molar-refractivity contribution in [2.45, 2.75) is 38.0 Å². The van der Waals surface area contributed by atoms with Crippen molar-refractivity contribution in [3.05, 3.63) is 16.1 Å². The molecule has 0 atom stereocenters. The molecule has 0 bridgehead atoms. The fourth-order valence-corrected chi connectivity index (χ4v) is 2.64. The van der Waals surface area contributed by atoms with Gasteiger partial charge in [-0.05, 0) is 18.8 Å². The molecule has 0 radical (unpaired) electrons. The lowest BCUT2D eigenvalue weighted by Gasteiger charge is -2.19. The summed E-state index contributed by atoms with van der Waals surface area (Å²) >= 11 is 1.60. The van der Waals surface area contributed by atoms with Crippen LogP contribution < -0.4 is 0 Å². The Labute approximate surface area is 83.2 Å². The lowest BCUT2D eigenvalue weighted by molar-refractivity contribution is 0.438. The van der Waals surface area contributed by atoms with Gasteiger partial charge in [-0.3, -0.25) is 0 Å². The van der Waals surface area contributed by atoms with E-state index in [0.29, 0.717) is 5.92 Å². The van der Waals surface area contributed by atoms with E-state index in [1.165, 1.54) is 37.8 Å². The highest BCUT2D eigenvalue weighted by Gasteiger charge is 2.17. The van der Waals surface area contributed by atoms with Crippen LogP contribution >= 0.6 is 11.3 Å². The molecule has 0 aliphatic heterocycles. The van der Waals surface area contributed by atoms with Crippen molar-refractivity contribution in [3.63, 3.8) is 0 Å². The zero-order chi connectivity index (χ0) is 9.10. The van der Waals surface area contributed by atoms with Crippen LogP contribution in [0.25, 0.3) is 0 Å². The molecule has 1 aliphatic carbocycles. The summed E-state index contributed by atoms with van der Waals surface area (Å²) in [6.45, 7) is 0. The number of hydrogen-bond acceptors (Lipinski definition) is 2. The fourth-order valence-electron chi connectivity index (χ4n) is 1.94. The fraction of sp³-hybridized carbons (Fsp3) is 0.545. The average Bonchev–Trinajstić information content (AvgIpc) is 2.67. The standard InChI is InChI=1S/C11H13NS/c1-2-11-12-10(8-13-11)9-6-4-3-5-7-9/h1,8-9H,3-7H2. The van der Waals surface area contributed by atoms with Gasteiger partial charge < -0.3 is 0 Å². The second-order valence-corrected chi connectivity index (χ2v) is 4.41. The second kappa shape index (κ2) is 3.93. The Balaban J connectivity index is 2.11. The molecule has 1 aliphatic rings. The van der Waals surface area contributed by atoms with Gasteiger partial charge in [-0.25, -0.2) is 4.98 Å². The molecule has 0 unspecified atom stereocenters. The highest BCUT2D eigenvalue weighted by atomic mass is 32.1. The second-order valence-electron chi connectivity index (χ2n) is 3.56. The van der Waals surface area contributed by atoms with E-state index in [4.69, 9.17) is 6.42 Å². The van der Waals surface area contributed by atoms with E-state index in [-0.39, 0.29) is 0 Å². The van der Waals surface area contributed by atoms with E-state index in [1.54, 1.807) is 11.3 Å². The van der Waals surface area contributed by atoms with E-state index in [2.05, 4.69) is 16.3 Å². The molecular formula is C11H13NS. The van der Waals surface area contributed by atoms with Gasteiger partial charge in [-0.2, -0.15) is 0 Å². The van der Waals surface area contributed by atoms with Gasteiger partial charge in [0.2, 0.25) is 0 Å². The molecule has 0 spiro atoms. The number of terminal acetylenes is 1. The summed E-state index contributed by atoms with van der Waals surface area (Å²) in [4.78, 5) is 4.43. The van der Waals surface area contributed by atoms with Crippen molar-refractivity contribution in [1.29, 1.82) is 0 Å². The van der Waals surface area contributed by atoms with E-state index in [9.17, 15) is 0 Å². The van der Waals surface area contributed by atoms with Crippen molar-refractivity contribution in [2.24, 2.45) is 0 Å². The third kappa shape index (κ3) is 1.92. The van der Waals surface area contributed by atoms with Crippen LogP contribution in [0.1, 0.15) is 48.7 Å². The molecule has 0 saturated heterocycles. The average molecular weight is 191 g/mol. The van der Waals surface area contributed by atoms with Gasteiger partial charge >= 0.3 is 0 Å². The molecular weight excluding hydrogens is 178 g/mol. The summed E-state index contributed by atoms with van der Waals surface area (Å²) in [5, 5.41) is 2.96. The maximum Gasteiger partial charge on any atom is 0.166 e. The van der Waals surface area contributed by atoms with Gasteiger partial charge in [-0.15, -0.1) is 17.8 Å². The van der Waals surface area contributed by atoms with Gasteiger partial charge in [0, 0.05) is 11.3 Å². The SMILES string of the molecule is C#Cc1nc(C2CCCCC2)cs1. The van der Waals surface area contributed by atoms with Crippen molar-refractivity contribution in [1.82, 2.24) is 4.98 Å². The van der Waals surface area contributed by atoms with E-state index >= 15 is 0 Å². The van der Waals surface area contributed by atoms with Gasteiger partial charge in [0.1, 0.15) is 0 Å². The van der Waals surface area contributed by atoms with Crippen LogP contribution in [0.4, 0.5) is 0 Å². The molecule has 0 N–H and O–H groups in total. The minimum absolute atomic E-state index is 0.687. The third-order valence-corrected chi connectivity index (χ3v) is 3.46. The molecule has 0 aromatic carbocycles. The van der Waals surface area contributed by atoms with Gasteiger partial charge in [0.25, 0.3) is 0 Å². The van der Waals surface area contributed by atoms with E-state index < -0.39 is 0 Å². The first kappa shape index (κ1) is 8.77. The molecule has 1 aromatic rings. The molecule has 1 saturated carbocycles. The normalized spacial score (nSPS) is 18.4. The molecule has 1 fully saturated rings. The smallest absolute Gasteiger partial charge is 0.166 e. The predicted molar refractivity (Wildman–Crippen MR) is 55.9 cm³/mol.